The summed E-state index contributed by atoms with van der Waals surface area (Å²) in [6.07, 6.45) is 1.66. The summed E-state index contributed by atoms with van der Waals surface area (Å²) in [5, 5.41) is 7.92. The molecule has 1 fully saturated rings. The van der Waals surface area contributed by atoms with Crippen LogP contribution in [0.2, 0.25) is 0 Å². The molecular weight excluding hydrogens is 262 g/mol. The van der Waals surface area contributed by atoms with Gasteiger partial charge in [0.25, 0.3) is 0 Å². The normalized spacial score (nSPS) is 20.0. The molecule has 5 nitrogen and oxygen atoms in total. The van der Waals surface area contributed by atoms with E-state index in [9.17, 15) is 0 Å². The maximum absolute atomic E-state index is 4.42. The van der Waals surface area contributed by atoms with E-state index in [0.29, 0.717) is 12.1 Å². The zero-order valence-electron chi connectivity index (χ0n) is 12.7. The van der Waals surface area contributed by atoms with Gasteiger partial charge < -0.3 is 5.32 Å². The Morgan fingerprint density at radius 1 is 1.29 bits per heavy atom. The molecule has 1 aliphatic heterocycles. The Hall–Kier alpha value is -1.72. The van der Waals surface area contributed by atoms with Crippen LogP contribution in [-0.4, -0.2) is 39.3 Å². The number of nitrogens with one attached hydrogen (secondary N) is 1. The summed E-state index contributed by atoms with van der Waals surface area (Å²) >= 11 is 0. The van der Waals surface area contributed by atoms with Crippen molar-refractivity contribution in [3.05, 3.63) is 48.0 Å². The Bertz CT molecular complexity index is 563. The van der Waals surface area contributed by atoms with E-state index in [1.807, 2.05) is 4.68 Å². The molecule has 3 rings (SSSR count). The summed E-state index contributed by atoms with van der Waals surface area (Å²) in [4.78, 5) is 6.87. The van der Waals surface area contributed by atoms with Gasteiger partial charge in [-0.3, -0.25) is 4.90 Å². The lowest BCUT2D eigenvalue weighted by atomic mass is 10.0. The maximum atomic E-state index is 4.42. The highest BCUT2D eigenvalue weighted by Crippen LogP contribution is 2.18. The first-order valence-corrected chi connectivity index (χ1v) is 7.63. The minimum Gasteiger partial charge on any atom is -0.308 e. The number of rotatable bonds is 4. The summed E-state index contributed by atoms with van der Waals surface area (Å²) in [6.45, 7) is 8.22. The van der Waals surface area contributed by atoms with Crippen LogP contribution < -0.4 is 5.32 Å². The zero-order chi connectivity index (χ0) is 14.7. The van der Waals surface area contributed by atoms with Gasteiger partial charge in [-0.2, -0.15) is 5.10 Å². The monoisotopic (exact) mass is 285 g/mol. The van der Waals surface area contributed by atoms with Crippen molar-refractivity contribution in [3.63, 3.8) is 0 Å². The van der Waals surface area contributed by atoms with Gasteiger partial charge in [-0.15, -0.1) is 0 Å². The molecule has 1 aromatic heterocycles. The van der Waals surface area contributed by atoms with Crippen LogP contribution in [0.25, 0.3) is 0 Å². The molecule has 1 aliphatic rings. The highest BCUT2D eigenvalue weighted by molar-refractivity contribution is 5.19. The molecule has 1 N–H and O–H groups in total. The molecule has 1 aromatic carbocycles. The molecule has 0 amide bonds. The third-order valence-electron chi connectivity index (χ3n) is 3.96. The molecule has 2 aromatic rings. The van der Waals surface area contributed by atoms with Crippen molar-refractivity contribution >= 4 is 0 Å². The second kappa shape index (κ2) is 6.37. The van der Waals surface area contributed by atoms with Crippen LogP contribution in [0.15, 0.2) is 36.7 Å². The Morgan fingerprint density at radius 3 is 2.86 bits per heavy atom. The standard InChI is InChI=1S/C16H23N5/c1-13(2)21-16(18-12-19-21)11-20-9-8-17-15(10-20)14-6-4-3-5-7-14/h3-7,12-13,15,17H,8-11H2,1-2H3. The van der Waals surface area contributed by atoms with Crippen LogP contribution in [0.1, 0.15) is 37.3 Å². The third-order valence-corrected chi connectivity index (χ3v) is 3.96. The molecule has 1 atom stereocenters. The topological polar surface area (TPSA) is 46.0 Å². The van der Waals surface area contributed by atoms with Crippen molar-refractivity contribution in [2.24, 2.45) is 0 Å². The lowest BCUT2D eigenvalue weighted by molar-refractivity contribution is 0.185. The highest BCUT2D eigenvalue weighted by Gasteiger charge is 2.22. The number of hydrogen-bond donors (Lipinski definition) is 1. The van der Waals surface area contributed by atoms with Gasteiger partial charge in [0.15, 0.2) is 0 Å². The molecule has 5 heteroatoms. The van der Waals surface area contributed by atoms with E-state index in [2.05, 4.69) is 64.5 Å². The molecule has 0 spiro atoms. The molecule has 0 bridgehead atoms. The maximum Gasteiger partial charge on any atom is 0.141 e. The van der Waals surface area contributed by atoms with E-state index in [4.69, 9.17) is 0 Å². The fourth-order valence-electron chi connectivity index (χ4n) is 2.88. The molecule has 1 unspecified atom stereocenters. The summed E-state index contributed by atoms with van der Waals surface area (Å²) in [5.41, 5.74) is 1.35. The summed E-state index contributed by atoms with van der Waals surface area (Å²) in [6, 6.07) is 11.4. The number of benzene rings is 1. The average molecular weight is 285 g/mol. The lowest BCUT2D eigenvalue weighted by Gasteiger charge is -2.33. The molecule has 112 valence electrons. The molecule has 1 saturated heterocycles. The van der Waals surface area contributed by atoms with Gasteiger partial charge in [-0.05, 0) is 19.4 Å². The lowest BCUT2D eigenvalue weighted by Crippen LogP contribution is -2.45. The fourth-order valence-corrected chi connectivity index (χ4v) is 2.88. The Balaban J connectivity index is 1.68. The van der Waals surface area contributed by atoms with Crippen LogP contribution in [0, 0.1) is 0 Å². The quantitative estimate of drug-likeness (QED) is 0.933. The highest BCUT2D eigenvalue weighted by atomic mass is 15.4. The van der Waals surface area contributed by atoms with Crippen LogP contribution >= 0.6 is 0 Å². The number of nitrogens with zero attached hydrogens (tertiary/aromatic N) is 4. The van der Waals surface area contributed by atoms with Crippen molar-refractivity contribution in [2.45, 2.75) is 32.5 Å². The Morgan fingerprint density at radius 2 is 2.10 bits per heavy atom. The fraction of sp³-hybridized carbons (Fsp3) is 0.500. The summed E-state index contributed by atoms with van der Waals surface area (Å²) < 4.78 is 2.01. The smallest absolute Gasteiger partial charge is 0.141 e. The largest absolute Gasteiger partial charge is 0.308 e. The molecule has 21 heavy (non-hydrogen) atoms. The summed E-state index contributed by atoms with van der Waals surface area (Å²) in [7, 11) is 0. The second-order valence-corrected chi connectivity index (χ2v) is 5.87. The molecule has 0 radical (unpaired) electrons. The predicted octanol–water partition coefficient (Wildman–Crippen LogP) is 2.01. The van der Waals surface area contributed by atoms with E-state index >= 15 is 0 Å². The predicted molar refractivity (Wildman–Crippen MR) is 82.9 cm³/mol. The SMILES string of the molecule is CC(C)n1ncnc1CN1CCNC(c2ccccc2)C1. The van der Waals surface area contributed by atoms with Crippen molar-refractivity contribution < 1.29 is 0 Å². The molecule has 2 heterocycles. The number of hydrogen-bond acceptors (Lipinski definition) is 4. The van der Waals surface area contributed by atoms with Crippen molar-refractivity contribution in [1.29, 1.82) is 0 Å². The van der Waals surface area contributed by atoms with E-state index in [0.717, 1.165) is 32.0 Å². The van der Waals surface area contributed by atoms with Crippen LogP contribution in [0.4, 0.5) is 0 Å². The van der Waals surface area contributed by atoms with E-state index in [1.54, 1.807) is 6.33 Å². The minimum atomic E-state index is 0.357. The summed E-state index contributed by atoms with van der Waals surface area (Å²) in [5.74, 6) is 1.05. The van der Waals surface area contributed by atoms with Crippen LogP contribution in [0.3, 0.4) is 0 Å². The van der Waals surface area contributed by atoms with Gasteiger partial charge in [-0.1, -0.05) is 30.3 Å². The van der Waals surface area contributed by atoms with Gasteiger partial charge >= 0.3 is 0 Å². The van der Waals surface area contributed by atoms with Crippen molar-refractivity contribution in [1.82, 2.24) is 25.0 Å². The van der Waals surface area contributed by atoms with Crippen molar-refractivity contribution in [2.75, 3.05) is 19.6 Å². The Kier molecular flexibility index (Phi) is 4.31. The Labute approximate surface area is 126 Å². The van der Waals surface area contributed by atoms with Gasteiger partial charge in [0, 0.05) is 31.7 Å². The first-order chi connectivity index (χ1) is 10.2. The van der Waals surface area contributed by atoms with E-state index in [1.165, 1.54) is 5.56 Å². The van der Waals surface area contributed by atoms with Gasteiger partial charge in [0.2, 0.25) is 0 Å². The molecule has 0 aliphatic carbocycles. The van der Waals surface area contributed by atoms with Crippen LogP contribution in [-0.2, 0) is 6.54 Å². The zero-order valence-corrected chi connectivity index (χ0v) is 12.7. The number of aromatic nitrogens is 3. The van der Waals surface area contributed by atoms with E-state index < -0.39 is 0 Å². The van der Waals surface area contributed by atoms with Gasteiger partial charge in [-0.25, -0.2) is 9.67 Å². The average Bonchev–Trinajstić information content (AvgIpc) is 2.97. The van der Waals surface area contributed by atoms with Gasteiger partial charge in [0.1, 0.15) is 12.2 Å². The first-order valence-electron chi connectivity index (χ1n) is 7.63. The molecular formula is C16H23N5. The van der Waals surface area contributed by atoms with Crippen LogP contribution in [0.5, 0.6) is 0 Å². The van der Waals surface area contributed by atoms with Crippen molar-refractivity contribution in [3.8, 4) is 0 Å². The first kappa shape index (κ1) is 14.2. The minimum absolute atomic E-state index is 0.357. The molecule has 0 saturated carbocycles. The van der Waals surface area contributed by atoms with E-state index in [-0.39, 0.29) is 0 Å². The number of piperazine rings is 1. The second-order valence-electron chi connectivity index (χ2n) is 5.87. The third kappa shape index (κ3) is 3.31. The van der Waals surface area contributed by atoms with Gasteiger partial charge in [0.05, 0.1) is 6.54 Å².